The number of benzene rings is 3. The molecule has 3 aliphatic heterocycles. The maximum absolute atomic E-state index is 5.40. The first kappa shape index (κ1) is 66.2. The lowest BCUT2D eigenvalue weighted by Gasteiger charge is -2.01. The molecule has 0 aromatic heterocycles. The molecule has 6 nitrogen and oxygen atoms in total. The fourth-order valence-corrected chi connectivity index (χ4v) is 2.61. The van der Waals surface area contributed by atoms with Crippen LogP contribution >= 0.6 is 0 Å². The SMILES string of the molecule is C.C.C.C.C.C.CC.CC.CC.CCC.CCC.c1ccc(OCC2CO2)cc1.c1ccc(OCC2CO2)cc1.c1ccc(OCC2CO2)cc1. The van der Waals surface area contributed by atoms with Gasteiger partial charge in [-0.1, -0.05) is 181 Å². The molecule has 0 radical (unpaired) electrons. The first-order chi connectivity index (χ1) is 22.2. The van der Waals surface area contributed by atoms with Crippen LogP contribution < -0.4 is 14.2 Å². The topological polar surface area (TPSA) is 65.3 Å². The van der Waals surface area contributed by atoms with Crippen molar-refractivity contribution in [3.8, 4) is 17.2 Å². The van der Waals surface area contributed by atoms with Gasteiger partial charge in [-0.05, 0) is 36.4 Å². The van der Waals surface area contributed by atoms with E-state index in [0.717, 1.165) is 37.1 Å². The molecule has 0 bridgehead atoms. The van der Waals surface area contributed by atoms with Gasteiger partial charge in [-0.3, -0.25) is 0 Å². The van der Waals surface area contributed by atoms with Gasteiger partial charge in [-0.15, -0.1) is 0 Å². The average molecular weight is 725 g/mol. The summed E-state index contributed by atoms with van der Waals surface area (Å²) in [5.41, 5.74) is 0. The first-order valence-corrected chi connectivity index (χ1v) is 17.1. The van der Waals surface area contributed by atoms with Gasteiger partial charge in [-0.2, -0.15) is 0 Å². The number of ether oxygens (including phenoxy) is 6. The molecule has 3 aromatic carbocycles. The minimum absolute atomic E-state index is 0. The predicted molar refractivity (Wildman–Crippen MR) is 231 cm³/mol. The summed E-state index contributed by atoms with van der Waals surface area (Å²) in [5, 5.41) is 0. The van der Waals surface area contributed by atoms with Gasteiger partial charge in [0, 0.05) is 0 Å². The molecule has 0 spiro atoms. The smallest absolute Gasteiger partial charge is 0.119 e. The average Bonchev–Trinajstić information content (AvgIpc) is 3.97. The van der Waals surface area contributed by atoms with Crippen molar-refractivity contribution < 1.29 is 28.4 Å². The van der Waals surface area contributed by atoms with Crippen LogP contribution in [0.25, 0.3) is 0 Å². The Kier molecular flexibility index (Phi) is 66.6. The minimum Gasteiger partial charge on any atom is -0.491 e. The largest absolute Gasteiger partial charge is 0.491 e. The molecule has 6 rings (SSSR count). The van der Waals surface area contributed by atoms with Crippen molar-refractivity contribution >= 4 is 0 Å². The van der Waals surface area contributed by atoms with Crippen LogP contribution in [-0.2, 0) is 14.2 Å². The van der Waals surface area contributed by atoms with Gasteiger partial charge in [0.25, 0.3) is 0 Å². The third-order valence-electron chi connectivity index (χ3n) is 4.74. The zero-order chi connectivity index (χ0) is 34.0. The third kappa shape index (κ3) is 46.9. The molecular weight excluding hydrogens is 636 g/mol. The molecule has 304 valence electrons. The highest BCUT2D eigenvalue weighted by atomic mass is 16.6. The van der Waals surface area contributed by atoms with E-state index >= 15 is 0 Å². The maximum atomic E-state index is 5.40. The molecule has 3 saturated heterocycles. The van der Waals surface area contributed by atoms with Crippen molar-refractivity contribution in [3.63, 3.8) is 0 Å². The van der Waals surface area contributed by atoms with Crippen LogP contribution in [0.1, 0.15) is 127 Å². The molecule has 6 heteroatoms. The van der Waals surface area contributed by atoms with Crippen molar-refractivity contribution in [1.29, 1.82) is 0 Å². The van der Waals surface area contributed by atoms with E-state index in [-0.39, 0.29) is 44.6 Å². The van der Waals surface area contributed by atoms with Gasteiger partial charge < -0.3 is 28.4 Å². The summed E-state index contributed by atoms with van der Waals surface area (Å²) in [5.74, 6) is 2.76. The Labute approximate surface area is 320 Å². The second-order valence-electron chi connectivity index (χ2n) is 9.15. The fraction of sp³-hybridized carbons (Fsp3) is 0.600. The Bertz CT molecular complexity index is 804. The molecule has 51 heavy (non-hydrogen) atoms. The van der Waals surface area contributed by atoms with E-state index in [9.17, 15) is 0 Å². The van der Waals surface area contributed by atoms with Gasteiger partial charge in [0.2, 0.25) is 0 Å². The van der Waals surface area contributed by atoms with E-state index in [1.165, 1.54) is 12.8 Å². The minimum atomic E-state index is 0. The van der Waals surface area contributed by atoms with Crippen LogP contribution in [-0.4, -0.2) is 58.0 Å². The van der Waals surface area contributed by atoms with Gasteiger partial charge >= 0.3 is 0 Å². The summed E-state index contributed by atoms with van der Waals surface area (Å²) < 4.78 is 31.2. The normalized spacial score (nSPS) is 14.8. The summed E-state index contributed by atoms with van der Waals surface area (Å²) >= 11 is 0. The van der Waals surface area contributed by atoms with Gasteiger partial charge in [0.1, 0.15) is 55.4 Å². The maximum Gasteiger partial charge on any atom is 0.119 e. The predicted octanol–water partition coefficient (Wildman–Crippen LogP) is 14.1. The summed E-state index contributed by atoms with van der Waals surface area (Å²) in [4.78, 5) is 0. The lowest BCUT2D eigenvalue weighted by molar-refractivity contribution is 0.263. The van der Waals surface area contributed by atoms with Crippen molar-refractivity contribution in [2.75, 3.05) is 39.6 Å². The fourth-order valence-electron chi connectivity index (χ4n) is 2.61. The van der Waals surface area contributed by atoms with Crippen molar-refractivity contribution in [1.82, 2.24) is 0 Å². The van der Waals surface area contributed by atoms with Crippen molar-refractivity contribution in [3.05, 3.63) is 91.0 Å². The molecule has 3 atom stereocenters. The summed E-state index contributed by atoms with van der Waals surface area (Å²) in [6.07, 6.45) is 3.53. The Morgan fingerprint density at radius 3 is 0.686 bits per heavy atom. The Hall–Kier alpha value is -3.06. The van der Waals surface area contributed by atoms with Crippen LogP contribution in [0, 0.1) is 0 Å². The Balaban J connectivity index is -0.0000000749. The highest BCUT2D eigenvalue weighted by molar-refractivity contribution is 5.22. The van der Waals surface area contributed by atoms with E-state index in [2.05, 4.69) is 27.7 Å². The Morgan fingerprint density at radius 2 is 0.549 bits per heavy atom. The first-order valence-electron chi connectivity index (χ1n) is 17.1. The van der Waals surface area contributed by atoms with Gasteiger partial charge in [-0.25, -0.2) is 0 Å². The zero-order valence-electron chi connectivity index (χ0n) is 30.0. The number of hydrogen-bond donors (Lipinski definition) is 0. The summed E-state index contributed by atoms with van der Waals surface area (Å²) in [6, 6.07) is 29.4. The summed E-state index contributed by atoms with van der Waals surface area (Å²) in [6.45, 7) is 25.1. The Morgan fingerprint density at radius 1 is 0.392 bits per heavy atom. The lowest BCUT2D eigenvalue weighted by atomic mass is 10.3. The van der Waals surface area contributed by atoms with Crippen LogP contribution in [0.15, 0.2) is 91.0 Å². The quantitative estimate of drug-likeness (QED) is 0.205. The molecule has 3 unspecified atom stereocenters. The summed E-state index contributed by atoms with van der Waals surface area (Å²) in [7, 11) is 0. The third-order valence-corrected chi connectivity index (χ3v) is 4.74. The van der Waals surface area contributed by atoms with E-state index in [4.69, 9.17) is 28.4 Å². The second kappa shape index (κ2) is 51.3. The molecule has 0 saturated carbocycles. The van der Waals surface area contributed by atoms with Gasteiger partial charge in [0.05, 0.1) is 19.8 Å². The molecule has 3 heterocycles. The molecule has 3 fully saturated rings. The molecule has 3 aliphatic rings. The van der Waals surface area contributed by atoms with Crippen LogP contribution in [0.2, 0.25) is 0 Å². The van der Waals surface area contributed by atoms with Crippen LogP contribution in [0.4, 0.5) is 0 Å². The monoisotopic (exact) mass is 725 g/mol. The zero-order valence-corrected chi connectivity index (χ0v) is 30.0. The molecule has 0 aliphatic carbocycles. The van der Waals surface area contributed by atoms with E-state index in [0.29, 0.717) is 38.1 Å². The number of hydrogen-bond acceptors (Lipinski definition) is 6. The van der Waals surface area contributed by atoms with Crippen molar-refractivity contribution in [2.45, 2.75) is 145 Å². The van der Waals surface area contributed by atoms with Crippen molar-refractivity contribution in [2.24, 2.45) is 0 Å². The highest BCUT2D eigenvalue weighted by Crippen LogP contribution is 2.15. The molecule has 3 aromatic rings. The highest BCUT2D eigenvalue weighted by Gasteiger charge is 2.24. The second-order valence-corrected chi connectivity index (χ2v) is 9.15. The number of para-hydroxylation sites is 3. The van der Waals surface area contributed by atoms with Crippen LogP contribution in [0.5, 0.6) is 17.2 Å². The van der Waals surface area contributed by atoms with Gasteiger partial charge in [0.15, 0.2) is 0 Å². The number of rotatable bonds is 9. The van der Waals surface area contributed by atoms with E-state index in [1.54, 1.807) is 0 Å². The molecular formula is C45H88O6. The van der Waals surface area contributed by atoms with E-state index in [1.807, 2.05) is 133 Å². The van der Waals surface area contributed by atoms with E-state index < -0.39 is 0 Å². The van der Waals surface area contributed by atoms with Crippen LogP contribution in [0.3, 0.4) is 0 Å². The molecule has 0 amide bonds. The number of epoxide rings is 3. The lowest BCUT2D eigenvalue weighted by Crippen LogP contribution is -2.03. The standard InChI is InChI=1S/3C9H10O2.2C3H8.3C2H6.6CH4/c3*1-2-4-8(5-3-1)10-6-9-7-11-9;2*1-3-2;3*1-2;;;;;;/h3*1-5,9H,6-7H2;2*3H2,1-2H3;3*1-2H3;6*1H4. The molecule has 0 N–H and O–H groups in total.